The highest BCUT2D eigenvalue weighted by atomic mass is 35.5. The maximum absolute atomic E-state index is 6.23. The smallest absolute Gasteiger partial charge is 0.0991 e. The first kappa shape index (κ1) is 17.5. The number of rotatable bonds is 5. The highest BCUT2D eigenvalue weighted by molar-refractivity contribution is 7.20. The van der Waals surface area contributed by atoms with Crippen LogP contribution in [0.1, 0.15) is 32.4 Å². The molecule has 1 aromatic heterocycles. The number of likely N-dealkylation sites (N-methyl/N-ethyl adjacent to an activating group) is 1. The Labute approximate surface area is 142 Å². The second-order valence-corrected chi connectivity index (χ2v) is 8.77. The molecule has 1 aromatic rings. The first-order valence-corrected chi connectivity index (χ1v) is 8.98. The Morgan fingerprint density at radius 2 is 1.90 bits per heavy atom. The van der Waals surface area contributed by atoms with E-state index in [4.69, 9.17) is 23.2 Å². The van der Waals surface area contributed by atoms with E-state index in [1.54, 1.807) is 0 Å². The third-order valence-corrected chi connectivity index (χ3v) is 5.87. The largest absolute Gasteiger partial charge is 0.308 e. The third kappa shape index (κ3) is 4.57. The molecule has 0 saturated carbocycles. The van der Waals surface area contributed by atoms with Crippen molar-refractivity contribution in [2.45, 2.75) is 32.4 Å². The van der Waals surface area contributed by atoms with Crippen LogP contribution in [0.15, 0.2) is 6.07 Å². The number of nitrogens with zero attached hydrogens (tertiary/aromatic N) is 2. The van der Waals surface area contributed by atoms with Crippen molar-refractivity contribution in [1.82, 2.24) is 15.1 Å². The predicted octanol–water partition coefficient (Wildman–Crippen LogP) is 3.73. The summed E-state index contributed by atoms with van der Waals surface area (Å²) < 4.78 is 1.54. The van der Waals surface area contributed by atoms with Gasteiger partial charge in [-0.1, -0.05) is 23.2 Å². The van der Waals surface area contributed by atoms with E-state index in [0.717, 1.165) is 47.0 Å². The van der Waals surface area contributed by atoms with Gasteiger partial charge in [0, 0.05) is 44.3 Å². The normalized spacial score (nSPS) is 19.9. The summed E-state index contributed by atoms with van der Waals surface area (Å²) >= 11 is 13.7. The molecule has 2 heterocycles. The van der Waals surface area contributed by atoms with E-state index in [1.165, 1.54) is 11.3 Å². The SMILES string of the molecule is CC(NCC(C)(C)N1CCN(C)CC1)c1cc(Cl)sc1Cl. The fraction of sp³-hybridized carbons (Fsp3) is 0.733. The molecule has 120 valence electrons. The standard InChI is InChI=1S/C15H25Cl2N3S/c1-11(12-9-13(16)21-14(12)17)18-10-15(2,3)20-7-5-19(4)6-8-20/h9,11,18H,5-8,10H2,1-4H3. The number of halogens is 2. The van der Waals surface area contributed by atoms with Crippen LogP contribution < -0.4 is 5.32 Å². The molecule has 0 aromatic carbocycles. The van der Waals surface area contributed by atoms with Crippen molar-refractivity contribution in [1.29, 1.82) is 0 Å². The van der Waals surface area contributed by atoms with Crippen molar-refractivity contribution in [3.05, 3.63) is 20.3 Å². The molecule has 1 fully saturated rings. The van der Waals surface area contributed by atoms with Gasteiger partial charge in [0.15, 0.2) is 0 Å². The van der Waals surface area contributed by atoms with Crippen LogP contribution in [0.5, 0.6) is 0 Å². The number of hydrogen-bond donors (Lipinski definition) is 1. The molecule has 0 bridgehead atoms. The molecule has 21 heavy (non-hydrogen) atoms. The second-order valence-electron chi connectivity index (χ2n) is 6.48. The number of nitrogens with one attached hydrogen (secondary N) is 1. The highest BCUT2D eigenvalue weighted by Crippen LogP contribution is 2.35. The molecule has 2 rings (SSSR count). The minimum atomic E-state index is 0.141. The Morgan fingerprint density at radius 1 is 1.29 bits per heavy atom. The molecular formula is C15H25Cl2N3S. The van der Waals surface area contributed by atoms with Gasteiger partial charge in [0.1, 0.15) is 0 Å². The maximum atomic E-state index is 6.23. The zero-order chi connectivity index (χ0) is 15.6. The minimum Gasteiger partial charge on any atom is -0.308 e. The molecule has 0 radical (unpaired) electrons. The van der Waals surface area contributed by atoms with Crippen LogP contribution in [0.4, 0.5) is 0 Å². The Kier molecular flexibility index (Phi) is 5.97. The molecule has 1 N–H and O–H groups in total. The van der Waals surface area contributed by atoms with Crippen molar-refractivity contribution in [2.75, 3.05) is 39.8 Å². The summed E-state index contributed by atoms with van der Waals surface area (Å²) in [5.74, 6) is 0. The average molecular weight is 350 g/mol. The van der Waals surface area contributed by atoms with Crippen LogP contribution in [0.3, 0.4) is 0 Å². The van der Waals surface area contributed by atoms with Crippen LogP contribution in [0.25, 0.3) is 0 Å². The summed E-state index contributed by atoms with van der Waals surface area (Å²) in [6.07, 6.45) is 0. The van der Waals surface area contributed by atoms with Gasteiger partial charge >= 0.3 is 0 Å². The van der Waals surface area contributed by atoms with E-state index < -0.39 is 0 Å². The fourth-order valence-corrected chi connectivity index (χ4v) is 4.33. The molecule has 6 heteroatoms. The lowest BCUT2D eigenvalue weighted by Gasteiger charge is -2.43. The van der Waals surface area contributed by atoms with Crippen molar-refractivity contribution >= 4 is 34.5 Å². The molecule has 1 unspecified atom stereocenters. The molecule has 1 aliphatic heterocycles. The number of piperazine rings is 1. The monoisotopic (exact) mass is 349 g/mol. The van der Waals surface area contributed by atoms with Crippen molar-refractivity contribution < 1.29 is 0 Å². The fourth-order valence-electron chi connectivity index (χ4n) is 2.68. The van der Waals surface area contributed by atoms with Gasteiger partial charge < -0.3 is 10.2 Å². The third-order valence-electron chi connectivity index (χ3n) is 4.35. The molecule has 1 atom stereocenters. The molecule has 0 spiro atoms. The van der Waals surface area contributed by atoms with E-state index in [-0.39, 0.29) is 11.6 Å². The lowest BCUT2D eigenvalue weighted by Crippen LogP contribution is -2.57. The number of hydrogen-bond acceptors (Lipinski definition) is 4. The Hall–Kier alpha value is 0.160. The maximum Gasteiger partial charge on any atom is 0.0991 e. The first-order chi connectivity index (χ1) is 9.79. The summed E-state index contributed by atoms with van der Waals surface area (Å²) in [6, 6.07) is 2.18. The molecule has 0 aliphatic carbocycles. The van der Waals surface area contributed by atoms with Crippen LogP contribution in [0.2, 0.25) is 8.67 Å². The van der Waals surface area contributed by atoms with E-state index >= 15 is 0 Å². The van der Waals surface area contributed by atoms with Crippen molar-refractivity contribution in [2.24, 2.45) is 0 Å². The first-order valence-electron chi connectivity index (χ1n) is 7.41. The summed E-state index contributed by atoms with van der Waals surface area (Å²) in [5.41, 5.74) is 1.24. The van der Waals surface area contributed by atoms with E-state index in [9.17, 15) is 0 Å². The Morgan fingerprint density at radius 3 is 2.43 bits per heavy atom. The molecule has 1 saturated heterocycles. The zero-order valence-electron chi connectivity index (χ0n) is 13.2. The van der Waals surface area contributed by atoms with Gasteiger partial charge in [-0.3, -0.25) is 4.90 Å². The van der Waals surface area contributed by atoms with Crippen molar-refractivity contribution in [3.8, 4) is 0 Å². The summed E-state index contributed by atoms with van der Waals surface area (Å²) in [6.45, 7) is 12.2. The van der Waals surface area contributed by atoms with E-state index in [2.05, 4.69) is 42.9 Å². The minimum absolute atomic E-state index is 0.141. The van der Waals surface area contributed by atoms with Crippen LogP contribution in [0, 0.1) is 0 Å². The summed E-state index contributed by atoms with van der Waals surface area (Å²) in [7, 11) is 2.19. The summed E-state index contributed by atoms with van der Waals surface area (Å²) in [4.78, 5) is 4.95. The number of thiophene rings is 1. The van der Waals surface area contributed by atoms with Crippen LogP contribution >= 0.6 is 34.5 Å². The van der Waals surface area contributed by atoms with Crippen molar-refractivity contribution in [3.63, 3.8) is 0 Å². The topological polar surface area (TPSA) is 18.5 Å². The van der Waals surface area contributed by atoms with Crippen LogP contribution in [-0.2, 0) is 0 Å². The molecule has 3 nitrogen and oxygen atoms in total. The predicted molar refractivity (Wildman–Crippen MR) is 93.9 cm³/mol. The average Bonchev–Trinajstić information content (AvgIpc) is 2.76. The van der Waals surface area contributed by atoms with Gasteiger partial charge in [-0.25, -0.2) is 0 Å². The highest BCUT2D eigenvalue weighted by Gasteiger charge is 2.29. The quantitative estimate of drug-likeness (QED) is 0.873. The summed E-state index contributed by atoms with van der Waals surface area (Å²) in [5, 5.41) is 3.61. The molecule has 0 amide bonds. The lowest BCUT2D eigenvalue weighted by molar-refractivity contribution is 0.0605. The molecule has 1 aliphatic rings. The van der Waals surface area contributed by atoms with Gasteiger partial charge in [0.25, 0.3) is 0 Å². The van der Waals surface area contributed by atoms with Gasteiger partial charge in [-0.2, -0.15) is 0 Å². The van der Waals surface area contributed by atoms with Gasteiger partial charge in [0.05, 0.1) is 8.67 Å². The Balaban J connectivity index is 1.90. The zero-order valence-corrected chi connectivity index (χ0v) is 15.6. The van der Waals surface area contributed by atoms with Gasteiger partial charge in [0.2, 0.25) is 0 Å². The van der Waals surface area contributed by atoms with Gasteiger partial charge in [-0.05, 0) is 39.4 Å². The Bertz CT molecular complexity index is 467. The van der Waals surface area contributed by atoms with Gasteiger partial charge in [-0.15, -0.1) is 11.3 Å². The van der Waals surface area contributed by atoms with Crippen LogP contribution in [-0.4, -0.2) is 55.1 Å². The lowest BCUT2D eigenvalue weighted by atomic mass is 10.0. The molecular weight excluding hydrogens is 325 g/mol. The van der Waals surface area contributed by atoms with E-state index in [1.807, 2.05) is 6.07 Å². The second kappa shape index (κ2) is 7.16. The van der Waals surface area contributed by atoms with E-state index in [0.29, 0.717) is 0 Å².